The van der Waals surface area contributed by atoms with Crippen LogP contribution in [0.5, 0.6) is 5.75 Å². The monoisotopic (exact) mass is 476 g/mol. The number of ether oxygens (including phenoxy) is 1. The zero-order valence-electron chi connectivity index (χ0n) is 18.7. The Morgan fingerprint density at radius 2 is 1.71 bits per heavy atom. The quantitative estimate of drug-likeness (QED) is 0.386. The maximum Gasteiger partial charge on any atom is 0.262 e. The molecular formula is C25H24N4O4S. The van der Waals surface area contributed by atoms with Crippen LogP contribution in [-0.2, 0) is 10.0 Å². The predicted molar refractivity (Wildman–Crippen MR) is 131 cm³/mol. The number of anilines is 2. The van der Waals surface area contributed by atoms with E-state index in [2.05, 4.69) is 15.1 Å². The fourth-order valence-electron chi connectivity index (χ4n) is 3.35. The summed E-state index contributed by atoms with van der Waals surface area (Å²) in [5, 5.41) is 6.93. The summed E-state index contributed by atoms with van der Waals surface area (Å²) in [7, 11) is -3.87. The third-order valence-electron chi connectivity index (χ3n) is 5.05. The van der Waals surface area contributed by atoms with Gasteiger partial charge in [0, 0.05) is 29.3 Å². The van der Waals surface area contributed by atoms with E-state index < -0.39 is 10.0 Å². The number of nitrogens with one attached hydrogen (secondary N) is 2. The fourth-order valence-corrected chi connectivity index (χ4v) is 4.68. The average molecular weight is 477 g/mol. The van der Waals surface area contributed by atoms with E-state index in [1.54, 1.807) is 78.5 Å². The minimum absolute atomic E-state index is 0.0771. The third-order valence-corrected chi connectivity index (χ3v) is 6.57. The highest BCUT2D eigenvalue weighted by atomic mass is 32.2. The van der Waals surface area contributed by atoms with Gasteiger partial charge in [0.15, 0.2) is 0 Å². The van der Waals surface area contributed by atoms with E-state index in [1.807, 2.05) is 19.2 Å². The van der Waals surface area contributed by atoms with Crippen molar-refractivity contribution in [1.29, 1.82) is 0 Å². The Balaban J connectivity index is 1.50. The molecule has 0 spiro atoms. The molecule has 34 heavy (non-hydrogen) atoms. The Morgan fingerprint density at radius 3 is 2.35 bits per heavy atom. The first kappa shape index (κ1) is 23.1. The highest BCUT2D eigenvalue weighted by molar-refractivity contribution is 7.92. The number of nitrogens with zero attached hydrogens (tertiary/aromatic N) is 2. The molecule has 1 heterocycles. The Labute approximate surface area is 198 Å². The van der Waals surface area contributed by atoms with Gasteiger partial charge >= 0.3 is 0 Å². The van der Waals surface area contributed by atoms with Crippen LogP contribution in [0.15, 0.2) is 90.1 Å². The molecule has 1 aromatic heterocycles. The first-order valence-electron chi connectivity index (χ1n) is 10.6. The lowest BCUT2D eigenvalue weighted by atomic mass is 10.1. The summed E-state index contributed by atoms with van der Waals surface area (Å²) in [6.45, 7) is 4.10. The average Bonchev–Trinajstić information content (AvgIpc) is 3.37. The van der Waals surface area contributed by atoms with Gasteiger partial charge in [-0.05, 0) is 86.1 Å². The van der Waals surface area contributed by atoms with E-state index in [4.69, 9.17) is 4.74 Å². The van der Waals surface area contributed by atoms with Crippen LogP contribution in [0.3, 0.4) is 0 Å². The largest absolute Gasteiger partial charge is 0.494 e. The number of hydrogen-bond donors (Lipinski definition) is 2. The molecular weight excluding hydrogens is 452 g/mol. The fraction of sp³-hybridized carbons (Fsp3) is 0.120. The molecule has 0 aliphatic heterocycles. The molecule has 9 heteroatoms. The van der Waals surface area contributed by atoms with Crippen LogP contribution in [0.25, 0.3) is 5.69 Å². The van der Waals surface area contributed by atoms with Gasteiger partial charge in [0.1, 0.15) is 5.75 Å². The summed E-state index contributed by atoms with van der Waals surface area (Å²) in [5.74, 6) is 0.308. The van der Waals surface area contributed by atoms with Gasteiger partial charge in [-0.1, -0.05) is 6.07 Å². The normalized spacial score (nSPS) is 11.1. The van der Waals surface area contributed by atoms with Gasteiger partial charge in [-0.15, -0.1) is 0 Å². The van der Waals surface area contributed by atoms with Crippen molar-refractivity contribution < 1.29 is 17.9 Å². The van der Waals surface area contributed by atoms with Crippen molar-refractivity contribution in [3.05, 3.63) is 96.3 Å². The van der Waals surface area contributed by atoms with Gasteiger partial charge in [-0.3, -0.25) is 9.52 Å². The first-order valence-corrected chi connectivity index (χ1v) is 12.1. The zero-order chi connectivity index (χ0) is 24.1. The molecule has 0 saturated heterocycles. The number of benzene rings is 3. The van der Waals surface area contributed by atoms with E-state index in [0.29, 0.717) is 34.9 Å². The van der Waals surface area contributed by atoms with Crippen LogP contribution in [0.4, 0.5) is 11.4 Å². The van der Waals surface area contributed by atoms with Gasteiger partial charge in [0.25, 0.3) is 15.9 Å². The van der Waals surface area contributed by atoms with Gasteiger partial charge in [0.05, 0.1) is 17.2 Å². The van der Waals surface area contributed by atoms with Gasteiger partial charge in [-0.25, -0.2) is 13.1 Å². The lowest BCUT2D eigenvalue weighted by Crippen LogP contribution is -2.16. The second-order valence-electron chi connectivity index (χ2n) is 7.49. The Bertz CT molecular complexity index is 1380. The standard InChI is InChI=1S/C25H24N4O4S/c1-3-33-23-13-9-20(10-14-23)28-34(31,32)24-17-21(8-5-18(24)2)27-25(30)19-6-11-22(12-7-19)29-16-4-15-26-29/h4-17,28H,3H2,1-2H3,(H,27,30). The minimum atomic E-state index is -3.87. The number of hydrogen-bond acceptors (Lipinski definition) is 5. The number of aryl methyl sites for hydroxylation is 1. The van der Waals surface area contributed by atoms with Crippen LogP contribution in [-0.4, -0.2) is 30.7 Å². The van der Waals surface area contributed by atoms with Crippen LogP contribution in [0, 0.1) is 6.92 Å². The van der Waals surface area contributed by atoms with Crippen LogP contribution in [0.1, 0.15) is 22.8 Å². The minimum Gasteiger partial charge on any atom is -0.494 e. The molecule has 0 fully saturated rings. The van der Waals surface area contributed by atoms with E-state index in [-0.39, 0.29) is 10.8 Å². The molecule has 0 unspecified atom stereocenters. The number of amides is 1. The molecule has 0 bridgehead atoms. The lowest BCUT2D eigenvalue weighted by molar-refractivity contribution is 0.102. The number of aromatic nitrogens is 2. The van der Waals surface area contributed by atoms with Gasteiger partial charge in [0.2, 0.25) is 0 Å². The highest BCUT2D eigenvalue weighted by Crippen LogP contribution is 2.24. The summed E-state index contributed by atoms with van der Waals surface area (Å²) >= 11 is 0. The van der Waals surface area contributed by atoms with E-state index in [1.165, 1.54) is 6.07 Å². The summed E-state index contributed by atoms with van der Waals surface area (Å²) in [6.07, 6.45) is 3.49. The van der Waals surface area contributed by atoms with Crippen molar-refractivity contribution in [2.24, 2.45) is 0 Å². The van der Waals surface area contributed by atoms with Crippen molar-refractivity contribution >= 4 is 27.3 Å². The second kappa shape index (κ2) is 9.80. The van der Waals surface area contributed by atoms with E-state index >= 15 is 0 Å². The van der Waals surface area contributed by atoms with Crippen LogP contribution >= 0.6 is 0 Å². The topological polar surface area (TPSA) is 102 Å². The maximum atomic E-state index is 13.0. The van der Waals surface area contributed by atoms with E-state index in [0.717, 1.165) is 5.69 Å². The molecule has 0 atom stereocenters. The molecule has 0 saturated carbocycles. The SMILES string of the molecule is CCOc1ccc(NS(=O)(=O)c2cc(NC(=O)c3ccc(-n4cccn4)cc3)ccc2C)cc1. The van der Waals surface area contributed by atoms with Crippen LogP contribution < -0.4 is 14.8 Å². The van der Waals surface area contributed by atoms with Crippen molar-refractivity contribution in [2.45, 2.75) is 18.7 Å². The van der Waals surface area contributed by atoms with E-state index in [9.17, 15) is 13.2 Å². The summed E-state index contributed by atoms with van der Waals surface area (Å²) in [6, 6.07) is 20.2. The predicted octanol–water partition coefficient (Wildman–Crippen LogP) is 4.63. The molecule has 1 amide bonds. The molecule has 2 N–H and O–H groups in total. The molecule has 0 radical (unpaired) electrons. The Hall–Kier alpha value is -4.11. The Kier molecular flexibility index (Phi) is 6.65. The molecule has 174 valence electrons. The molecule has 8 nitrogen and oxygen atoms in total. The summed E-state index contributed by atoms with van der Waals surface area (Å²) < 4.78 is 35.7. The molecule has 4 aromatic rings. The highest BCUT2D eigenvalue weighted by Gasteiger charge is 2.18. The van der Waals surface area contributed by atoms with Crippen molar-refractivity contribution in [3.63, 3.8) is 0 Å². The van der Waals surface area contributed by atoms with Gasteiger partial charge in [-0.2, -0.15) is 5.10 Å². The van der Waals surface area contributed by atoms with Crippen LogP contribution in [0.2, 0.25) is 0 Å². The van der Waals surface area contributed by atoms with Crippen molar-refractivity contribution in [3.8, 4) is 11.4 Å². The van der Waals surface area contributed by atoms with Crippen molar-refractivity contribution in [2.75, 3.05) is 16.6 Å². The van der Waals surface area contributed by atoms with Crippen molar-refractivity contribution in [1.82, 2.24) is 9.78 Å². The summed E-state index contributed by atoms with van der Waals surface area (Å²) in [4.78, 5) is 12.8. The second-order valence-corrected chi connectivity index (χ2v) is 9.15. The molecule has 0 aliphatic carbocycles. The molecule has 4 rings (SSSR count). The first-order chi connectivity index (χ1) is 16.4. The van der Waals surface area contributed by atoms with Gasteiger partial charge < -0.3 is 10.1 Å². The number of sulfonamides is 1. The third kappa shape index (κ3) is 5.26. The summed E-state index contributed by atoms with van der Waals surface area (Å²) in [5.41, 5.74) is 2.60. The Morgan fingerprint density at radius 1 is 1.00 bits per heavy atom. The lowest BCUT2D eigenvalue weighted by Gasteiger charge is -2.13. The number of carbonyl (C=O) groups is 1. The smallest absolute Gasteiger partial charge is 0.262 e. The molecule has 3 aromatic carbocycles. The number of carbonyl (C=O) groups excluding carboxylic acids is 1. The zero-order valence-corrected chi connectivity index (χ0v) is 19.5. The number of rotatable bonds is 8. The maximum absolute atomic E-state index is 13.0. The molecule has 0 aliphatic rings.